The third-order valence-corrected chi connectivity index (χ3v) is 4.95. The van der Waals surface area contributed by atoms with Crippen LogP contribution in [0.2, 0.25) is 0 Å². The lowest BCUT2D eigenvalue weighted by Crippen LogP contribution is -2.36. The van der Waals surface area contributed by atoms with Gasteiger partial charge in [-0.3, -0.25) is 0 Å². The van der Waals surface area contributed by atoms with Crippen molar-refractivity contribution in [3.63, 3.8) is 0 Å². The van der Waals surface area contributed by atoms with E-state index in [-0.39, 0.29) is 5.41 Å². The van der Waals surface area contributed by atoms with Crippen LogP contribution in [0.15, 0.2) is 48.5 Å². The van der Waals surface area contributed by atoms with Crippen molar-refractivity contribution in [1.29, 1.82) is 0 Å². The zero-order valence-electron chi connectivity index (χ0n) is 14.6. The van der Waals surface area contributed by atoms with Crippen LogP contribution in [0.3, 0.4) is 0 Å². The fourth-order valence-electron chi connectivity index (χ4n) is 3.68. The molecule has 0 radical (unpaired) electrons. The molecule has 0 bridgehead atoms. The van der Waals surface area contributed by atoms with Gasteiger partial charge in [-0.1, -0.05) is 58.4 Å². The molecule has 0 aliphatic carbocycles. The van der Waals surface area contributed by atoms with Crippen molar-refractivity contribution in [1.82, 2.24) is 0 Å². The van der Waals surface area contributed by atoms with Gasteiger partial charge in [0.05, 0.1) is 0 Å². The molecule has 0 aromatic heterocycles. The van der Waals surface area contributed by atoms with Gasteiger partial charge < -0.3 is 10.2 Å². The molecule has 124 valence electrons. The Labute approximate surface area is 139 Å². The minimum atomic E-state index is -0.121. The fraction of sp³-hybridized carbons (Fsp3) is 0.429. The van der Waals surface area contributed by atoms with Gasteiger partial charge >= 0.3 is 0 Å². The van der Waals surface area contributed by atoms with E-state index in [0.717, 1.165) is 12.8 Å². The Morgan fingerprint density at radius 3 is 1.48 bits per heavy atom. The van der Waals surface area contributed by atoms with Gasteiger partial charge in [0.15, 0.2) is 0 Å². The molecule has 0 heterocycles. The van der Waals surface area contributed by atoms with E-state index < -0.39 is 0 Å². The van der Waals surface area contributed by atoms with Gasteiger partial charge in [-0.15, -0.1) is 0 Å². The second kappa shape index (κ2) is 7.08. The largest absolute Gasteiger partial charge is 0.508 e. The minimum Gasteiger partial charge on any atom is -0.508 e. The molecular formula is C21H28O2. The Morgan fingerprint density at radius 1 is 0.783 bits per heavy atom. The first-order valence-corrected chi connectivity index (χ1v) is 8.49. The monoisotopic (exact) mass is 312 g/mol. The lowest BCUT2D eigenvalue weighted by molar-refractivity contribution is 0.278. The van der Waals surface area contributed by atoms with E-state index in [1.807, 2.05) is 24.3 Å². The number of aromatic hydroxyl groups is 2. The van der Waals surface area contributed by atoms with Gasteiger partial charge in [0.1, 0.15) is 11.5 Å². The maximum atomic E-state index is 9.67. The molecule has 2 aromatic rings. The minimum absolute atomic E-state index is 0.121. The van der Waals surface area contributed by atoms with Gasteiger partial charge in [-0.05, 0) is 53.6 Å². The summed E-state index contributed by atoms with van der Waals surface area (Å²) in [5.74, 6) is 1.56. The molecule has 23 heavy (non-hydrogen) atoms. The molecule has 0 spiro atoms. The molecular weight excluding hydrogens is 284 g/mol. The second-order valence-electron chi connectivity index (χ2n) is 6.97. The lowest BCUT2D eigenvalue weighted by Gasteiger charge is -2.42. The number of hydrogen-bond acceptors (Lipinski definition) is 2. The average molecular weight is 312 g/mol. The first-order chi connectivity index (χ1) is 10.9. The van der Waals surface area contributed by atoms with Crippen LogP contribution >= 0.6 is 0 Å². The predicted molar refractivity (Wildman–Crippen MR) is 95.9 cm³/mol. The highest BCUT2D eigenvalue weighted by Gasteiger charge is 2.39. The third kappa shape index (κ3) is 3.52. The van der Waals surface area contributed by atoms with Crippen molar-refractivity contribution < 1.29 is 10.2 Å². The zero-order chi connectivity index (χ0) is 17.0. The summed E-state index contributed by atoms with van der Waals surface area (Å²) in [6.07, 6.45) is 2.09. The Balaban J connectivity index is 2.68. The van der Waals surface area contributed by atoms with Crippen molar-refractivity contribution in [2.45, 2.75) is 46.0 Å². The highest BCUT2D eigenvalue weighted by atomic mass is 16.3. The summed E-state index contributed by atoms with van der Waals surface area (Å²) in [5.41, 5.74) is 2.33. The van der Waals surface area contributed by atoms with Crippen molar-refractivity contribution in [3.8, 4) is 11.5 Å². The topological polar surface area (TPSA) is 40.5 Å². The lowest BCUT2D eigenvalue weighted by atomic mass is 9.62. The Morgan fingerprint density at radius 2 is 1.17 bits per heavy atom. The maximum absolute atomic E-state index is 9.67. The van der Waals surface area contributed by atoms with E-state index in [1.54, 1.807) is 24.3 Å². The Hall–Kier alpha value is -1.96. The van der Waals surface area contributed by atoms with Crippen LogP contribution in [0.1, 0.15) is 51.7 Å². The van der Waals surface area contributed by atoms with Crippen molar-refractivity contribution in [2.75, 3.05) is 0 Å². The van der Waals surface area contributed by atoms with Gasteiger partial charge in [0.2, 0.25) is 0 Å². The first kappa shape index (κ1) is 17.4. The maximum Gasteiger partial charge on any atom is 0.115 e. The number of phenolic OH excluding ortho intramolecular Hbond substituents is 2. The highest BCUT2D eigenvalue weighted by molar-refractivity contribution is 5.43. The van der Waals surface area contributed by atoms with Gasteiger partial charge in [-0.25, -0.2) is 0 Å². The zero-order valence-corrected chi connectivity index (χ0v) is 14.6. The van der Waals surface area contributed by atoms with Crippen LogP contribution < -0.4 is 0 Å². The fourth-order valence-corrected chi connectivity index (χ4v) is 3.68. The molecule has 0 saturated heterocycles. The van der Waals surface area contributed by atoms with E-state index in [2.05, 4.69) is 27.7 Å². The summed E-state index contributed by atoms with van der Waals surface area (Å²) < 4.78 is 0. The molecule has 0 aliphatic rings. The number of benzene rings is 2. The van der Waals surface area contributed by atoms with E-state index in [4.69, 9.17) is 0 Å². The summed E-state index contributed by atoms with van der Waals surface area (Å²) in [6.45, 7) is 9.01. The van der Waals surface area contributed by atoms with Crippen molar-refractivity contribution in [3.05, 3.63) is 59.7 Å². The second-order valence-corrected chi connectivity index (χ2v) is 6.97. The molecule has 0 saturated carbocycles. The summed E-state index contributed by atoms with van der Waals surface area (Å²) in [6, 6.07) is 15.2. The molecule has 0 fully saturated rings. The standard InChI is InChI=1S/C21H28O2/c1-5-16(4)21(14-15(2)3,17-6-10-19(22)11-7-17)18-8-12-20(23)13-9-18/h6-13,15-16,22-23H,5,14H2,1-4H3. The third-order valence-electron chi connectivity index (χ3n) is 4.95. The molecule has 2 aromatic carbocycles. The van der Waals surface area contributed by atoms with Gasteiger partial charge in [0, 0.05) is 5.41 Å². The molecule has 1 atom stereocenters. The molecule has 2 nitrogen and oxygen atoms in total. The average Bonchev–Trinajstić information content (AvgIpc) is 2.53. The van der Waals surface area contributed by atoms with Crippen LogP contribution in [0.25, 0.3) is 0 Å². The van der Waals surface area contributed by atoms with Crippen LogP contribution in [0.5, 0.6) is 11.5 Å². The summed E-state index contributed by atoms with van der Waals surface area (Å²) in [5, 5.41) is 19.3. The number of phenols is 2. The van der Waals surface area contributed by atoms with Crippen LogP contribution in [-0.2, 0) is 5.41 Å². The Bertz CT molecular complexity index is 566. The first-order valence-electron chi connectivity index (χ1n) is 8.49. The molecule has 2 N–H and O–H groups in total. The predicted octanol–water partition coefficient (Wildman–Crippen LogP) is 5.48. The van der Waals surface area contributed by atoms with Gasteiger partial charge in [-0.2, -0.15) is 0 Å². The SMILES string of the molecule is CCC(C)C(CC(C)C)(c1ccc(O)cc1)c1ccc(O)cc1. The van der Waals surface area contributed by atoms with E-state index >= 15 is 0 Å². The van der Waals surface area contributed by atoms with Crippen molar-refractivity contribution >= 4 is 0 Å². The smallest absolute Gasteiger partial charge is 0.115 e. The van der Waals surface area contributed by atoms with E-state index in [9.17, 15) is 10.2 Å². The highest BCUT2D eigenvalue weighted by Crippen LogP contribution is 2.46. The molecule has 2 heteroatoms. The van der Waals surface area contributed by atoms with E-state index in [1.165, 1.54) is 11.1 Å². The molecule has 0 amide bonds. The summed E-state index contributed by atoms with van der Waals surface area (Å²) in [7, 11) is 0. The molecule has 2 rings (SSSR count). The normalized spacial score (nSPS) is 13.3. The molecule has 0 aliphatic heterocycles. The van der Waals surface area contributed by atoms with Crippen LogP contribution in [-0.4, -0.2) is 10.2 Å². The molecule has 1 unspecified atom stereocenters. The van der Waals surface area contributed by atoms with Gasteiger partial charge in [0.25, 0.3) is 0 Å². The summed E-state index contributed by atoms with van der Waals surface area (Å²) in [4.78, 5) is 0. The van der Waals surface area contributed by atoms with Crippen molar-refractivity contribution in [2.24, 2.45) is 11.8 Å². The quantitative estimate of drug-likeness (QED) is 0.742. The van der Waals surface area contributed by atoms with Crippen LogP contribution in [0, 0.1) is 11.8 Å². The Kier molecular flexibility index (Phi) is 5.35. The number of rotatable bonds is 6. The van der Waals surface area contributed by atoms with E-state index in [0.29, 0.717) is 23.3 Å². The number of hydrogen-bond donors (Lipinski definition) is 2. The summed E-state index contributed by atoms with van der Waals surface area (Å²) >= 11 is 0. The van der Waals surface area contributed by atoms with Crippen LogP contribution in [0.4, 0.5) is 0 Å².